The van der Waals surface area contributed by atoms with Gasteiger partial charge in [0, 0.05) is 49.6 Å². The first-order chi connectivity index (χ1) is 25.7. The van der Waals surface area contributed by atoms with Crippen LogP contribution in [0.3, 0.4) is 0 Å². The van der Waals surface area contributed by atoms with E-state index in [4.69, 9.17) is 15.0 Å². The lowest BCUT2D eigenvalue weighted by atomic mass is 10.1. The summed E-state index contributed by atoms with van der Waals surface area (Å²) in [4.78, 5) is 15.3. The maximum absolute atomic E-state index is 5.17. The first kappa shape index (κ1) is 29.8. The normalized spacial score (nSPS) is 11.5. The third-order valence-electron chi connectivity index (χ3n) is 9.91. The van der Waals surface area contributed by atoms with E-state index in [0.717, 1.165) is 55.7 Å². The molecule has 3 heterocycles. The zero-order valence-corrected chi connectivity index (χ0v) is 28.2. The molecule has 3 aromatic heterocycles. The average Bonchev–Trinajstić information content (AvgIpc) is 3.74. The molecule has 244 valence electrons. The molecule has 5 nitrogen and oxygen atoms in total. The molecule has 0 radical (unpaired) electrons. The highest BCUT2D eigenvalue weighted by Crippen LogP contribution is 2.36. The largest absolute Gasteiger partial charge is 0.309 e. The van der Waals surface area contributed by atoms with Crippen LogP contribution in [0.4, 0.5) is 0 Å². The van der Waals surface area contributed by atoms with Crippen molar-refractivity contribution < 1.29 is 0 Å². The first-order valence-corrected chi connectivity index (χ1v) is 17.4. The highest BCUT2D eigenvalue weighted by Gasteiger charge is 2.17. The van der Waals surface area contributed by atoms with Crippen LogP contribution in [0.5, 0.6) is 0 Å². The minimum absolute atomic E-state index is 0.612. The van der Waals surface area contributed by atoms with Gasteiger partial charge >= 0.3 is 0 Å². The highest BCUT2D eigenvalue weighted by molar-refractivity contribution is 6.10. The van der Waals surface area contributed by atoms with Crippen molar-refractivity contribution in [3.8, 4) is 45.5 Å². The molecule has 0 bridgehead atoms. The molecule has 0 aliphatic rings. The van der Waals surface area contributed by atoms with Crippen molar-refractivity contribution in [3.05, 3.63) is 182 Å². The molecule has 5 heteroatoms. The van der Waals surface area contributed by atoms with Crippen LogP contribution in [0, 0.1) is 0 Å². The zero-order valence-electron chi connectivity index (χ0n) is 28.2. The third-order valence-corrected chi connectivity index (χ3v) is 9.91. The van der Waals surface area contributed by atoms with Gasteiger partial charge in [0.15, 0.2) is 17.5 Å². The smallest absolute Gasteiger partial charge is 0.164 e. The summed E-state index contributed by atoms with van der Waals surface area (Å²) >= 11 is 0. The molecule has 10 aromatic rings. The van der Waals surface area contributed by atoms with Crippen LogP contribution in [0.2, 0.25) is 0 Å². The van der Waals surface area contributed by atoms with E-state index in [2.05, 4.69) is 155 Å². The molecule has 0 aliphatic carbocycles. The Balaban J connectivity index is 1.16. The first-order valence-electron chi connectivity index (χ1n) is 17.4. The summed E-state index contributed by atoms with van der Waals surface area (Å²) in [7, 11) is 0. The topological polar surface area (TPSA) is 48.5 Å². The van der Waals surface area contributed by atoms with Crippen molar-refractivity contribution in [3.63, 3.8) is 0 Å². The van der Waals surface area contributed by atoms with Crippen molar-refractivity contribution in [2.75, 3.05) is 0 Å². The van der Waals surface area contributed by atoms with E-state index in [1.165, 1.54) is 21.5 Å². The summed E-state index contributed by atoms with van der Waals surface area (Å²) < 4.78 is 4.64. The van der Waals surface area contributed by atoms with E-state index < -0.39 is 0 Å². The van der Waals surface area contributed by atoms with Crippen LogP contribution in [-0.4, -0.2) is 24.1 Å². The van der Waals surface area contributed by atoms with E-state index in [0.29, 0.717) is 17.5 Å². The van der Waals surface area contributed by atoms with Gasteiger partial charge in [-0.05, 0) is 54.1 Å². The fraction of sp³-hybridized carbons (Fsp3) is 0. The van der Waals surface area contributed by atoms with E-state index in [1.807, 2.05) is 36.4 Å². The number of hydrogen-bond acceptors (Lipinski definition) is 3. The summed E-state index contributed by atoms with van der Waals surface area (Å²) in [6.07, 6.45) is 1.89. The lowest BCUT2D eigenvalue weighted by Gasteiger charge is -2.13. The van der Waals surface area contributed by atoms with Crippen molar-refractivity contribution in [2.45, 2.75) is 0 Å². The van der Waals surface area contributed by atoms with Crippen LogP contribution in [0.25, 0.3) is 95.2 Å². The number of nitrogens with zero attached hydrogens (tertiary/aromatic N) is 5. The fourth-order valence-electron chi connectivity index (χ4n) is 7.51. The zero-order chi connectivity index (χ0) is 34.6. The molecule has 0 saturated heterocycles. The van der Waals surface area contributed by atoms with Gasteiger partial charge in [-0.1, -0.05) is 134 Å². The highest BCUT2D eigenvalue weighted by atomic mass is 15.0. The van der Waals surface area contributed by atoms with Gasteiger partial charge in [0.2, 0.25) is 0 Å². The summed E-state index contributed by atoms with van der Waals surface area (Å²) in [6.45, 7) is 4.03. The third kappa shape index (κ3) is 4.83. The van der Waals surface area contributed by atoms with Crippen molar-refractivity contribution >= 4 is 49.7 Å². The molecule has 0 spiro atoms. The average molecular weight is 666 g/mol. The lowest BCUT2D eigenvalue weighted by molar-refractivity contribution is 1.07. The molecular weight excluding hydrogens is 635 g/mol. The molecule has 7 aromatic carbocycles. The molecular formula is C47H31N5. The predicted octanol–water partition coefficient (Wildman–Crippen LogP) is 11.7. The number of fused-ring (bicyclic) bond motifs is 6. The Kier molecular flexibility index (Phi) is 6.89. The van der Waals surface area contributed by atoms with Gasteiger partial charge in [-0.15, -0.1) is 0 Å². The maximum atomic E-state index is 5.17. The Morgan fingerprint density at radius 2 is 0.788 bits per heavy atom. The van der Waals surface area contributed by atoms with Crippen LogP contribution in [0.15, 0.2) is 176 Å². The second-order valence-electron chi connectivity index (χ2n) is 13.0. The van der Waals surface area contributed by atoms with E-state index >= 15 is 0 Å². The van der Waals surface area contributed by atoms with Crippen molar-refractivity contribution in [1.82, 2.24) is 24.1 Å². The Bertz CT molecular complexity index is 2930. The monoisotopic (exact) mass is 665 g/mol. The van der Waals surface area contributed by atoms with E-state index in [9.17, 15) is 0 Å². The molecule has 0 saturated carbocycles. The SMILES string of the molecule is C=Cc1ccc2c3ccccc3n(-c3cccc(-c4nc(-c5ccccc5)nc(-c5cccc(-n6c7ccccc7c7ccccc76)c5)n4)c3)c2c1. The second-order valence-corrected chi connectivity index (χ2v) is 13.0. The van der Waals surface area contributed by atoms with Gasteiger partial charge in [0.05, 0.1) is 22.1 Å². The van der Waals surface area contributed by atoms with Crippen LogP contribution in [0.1, 0.15) is 5.56 Å². The van der Waals surface area contributed by atoms with Gasteiger partial charge in [-0.2, -0.15) is 0 Å². The quantitative estimate of drug-likeness (QED) is 0.178. The number of benzene rings is 7. The molecule has 0 atom stereocenters. The lowest BCUT2D eigenvalue weighted by Crippen LogP contribution is -2.02. The molecule has 52 heavy (non-hydrogen) atoms. The Labute approximate surface area is 300 Å². The number of hydrogen-bond donors (Lipinski definition) is 0. The van der Waals surface area contributed by atoms with Crippen LogP contribution < -0.4 is 0 Å². The van der Waals surface area contributed by atoms with Gasteiger partial charge < -0.3 is 9.13 Å². The summed E-state index contributed by atoms with van der Waals surface area (Å²) in [5.41, 5.74) is 10.5. The summed E-state index contributed by atoms with van der Waals surface area (Å²) in [5.74, 6) is 1.85. The molecule has 0 N–H and O–H groups in total. The van der Waals surface area contributed by atoms with Gasteiger partial charge in [0.1, 0.15) is 0 Å². The van der Waals surface area contributed by atoms with Crippen molar-refractivity contribution in [2.24, 2.45) is 0 Å². The second kappa shape index (κ2) is 12.0. The van der Waals surface area contributed by atoms with Crippen molar-refractivity contribution in [1.29, 1.82) is 0 Å². The minimum atomic E-state index is 0.612. The molecule has 0 aliphatic heterocycles. The van der Waals surface area contributed by atoms with E-state index in [-0.39, 0.29) is 0 Å². The van der Waals surface area contributed by atoms with Gasteiger partial charge in [-0.3, -0.25) is 0 Å². The Morgan fingerprint density at radius 3 is 1.31 bits per heavy atom. The Hall–Kier alpha value is -7.11. The number of para-hydroxylation sites is 3. The van der Waals surface area contributed by atoms with E-state index in [1.54, 1.807) is 0 Å². The fourth-order valence-corrected chi connectivity index (χ4v) is 7.51. The summed E-state index contributed by atoms with van der Waals surface area (Å²) in [5, 5.41) is 4.85. The maximum Gasteiger partial charge on any atom is 0.164 e. The van der Waals surface area contributed by atoms with Gasteiger partial charge in [-0.25, -0.2) is 15.0 Å². The molecule has 0 amide bonds. The number of rotatable bonds is 6. The van der Waals surface area contributed by atoms with Crippen LogP contribution >= 0.6 is 0 Å². The standard InChI is InChI=1S/C47H31N5/c1-2-31-26-27-40-39-22-8-11-25-43(39)52(44(40)28-31)36-19-13-17-34(30-36)47-49-45(32-14-4-3-5-15-32)48-46(50-47)33-16-12-18-35(29-33)51-41-23-9-6-20-37(41)38-21-7-10-24-42(38)51/h2-30H,1H2. The summed E-state index contributed by atoms with van der Waals surface area (Å²) in [6, 6.07) is 59.3. The number of aromatic nitrogens is 5. The molecule has 10 rings (SSSR count). The molecule has 0 unspecified atom stereocenters. The van der Waals surface area contributed by atoms with Crippen LogP contribution in [-0.2, 0) is 0 Å². The minimum Gasteiger partial charge on any atom is -0.309 e. The van der Waals surface area contributed by atoms with Gasteiger partial charge in [0.25, 0.3) is 0 Å². The predicted molar refractivity (Wildman–Crippen MR) is 215 cm³/mol. The molecule has 0 fully saturated rings. The Morgan fingerprint density at radius 1 is 0.365 bits per heavy atom.